The average molecular weight is 138 g/mol. The number of carbonyl (C=O) groups is 1. The monoisotopic (exact) mass is 138 g/mol. The van der Waals surface area contributed by atoms with Crippen LogP contribution in [0.3, 0.4) is 0 Å². The molecule has 0 aliphatic rings. The number of ether oxygens (including phenoxy) is 1. The molecule has 10 heavy (non-hydrogen) atoms. The fourth-order valence-corrected chi connectivity index (χ4v) is 0.443. The van der Waals surface area contributed by atoms with Crippen molar-refractivity contribution in [3.8, 4) is 0 Å². The van der Waals surface area contributed by atoms with Crippen LogP contribution in [0, 0.1) is 0 Å². The highest BCUT2D eigenvalue weighted by molar-refractivity contribution is 5.79. The topological polar surface area (TPSA) is 26.3 Å². The molecule has 0 saturated heterocycles. The van der Waals surface area contributed by atoms with E-state index in [0.717, 1.165) is 0 Å². The van der Waals surface area contributed by atoms with E-state index in [1.54, 1.807) is 6.08 Å². The first kappa shape index (κ1) is 8.69. The van der Waals surface area contributed by atoms with E-state index < -0.39 is 0 Å². The van der Waals surface area contributed by atoms with Crippen molar-refractivity contribution in [1.82, 2.24) is 0 Å². The van der Waals surface area contributed by atoms with E-state index in [0.29, 0.717) is 17.6 Å². The molecule has 54 valence electrons. The average Bonchev–Trinajstić information content (AvgIpc) is 1.99. The molecule has 0 rings (SSSR count). The van der Waals surface area contributed by atoms with Gasteiger partial charge < -0.3 is 4.74 Å². The molecule has 0 heterocycles. The van der Waals surface area contributed by atoms with Crippen molar-refractivity contribution in [3.63, 3.8) is 0 Å². The maximum atomic E-state index is 10.2. The highest BCUT2D eigenvalue weighted by atomic mass is 16.5. The summed E-state index contributed by atoms with van der Waals surface area (Å²) in [4.78, 5) is 10.2. The molecule has 0 aliphatic carbocycles. The smallest absolute Gasteiger partial charge is 0.153 e. The highest BCUT2D eigenvalue weighted by Crippen LogP contribution is 2.04. The van der Waals surface area contributed by atoms with Crippen LogP contribution < -0.4 is 0 Å². The summed E-state index contributed by atoms with van der Waals surface area (Å²) >= 11 is 0. The third kappa shape index (κ3) is 2.31. The quantitative estimate of drug-likeness (QED) is 0.254. The summed E-state index contributed by atoms with van der Waals surface area (Å²) in [6.07, 6.45) is 3.72. The van der Waals surface area contributed by atoms with Gasteiger partial charge in [-0.2, -0.15) is 0 Å². The first-order chi connectivity index (χ1) is 4.76. The van der Waals surface area contributed by atoms with Crippen LogP contribution in [0.15, 0.2) is 36.6 Å². The fourth-order valence-electron chi connectivity index (χ4n) is 0.443. The van der Waals surface area contributed by atoms with Gasteiger partial charge in [0.1, 0.15) is 5.76 Å². The van der Waals surface area contributed by atoms with Gasteiger partial charge >= 0.3 is 0 Å². The molecule has 0 aliphatic heterocycles. The standard InChI is InChI=1S/C8H10O2/c1-4-5-8(6-9)7(2)10-3/h4-6H,1-2H2,3H3/b8-5-. The second-order valence-corrected chi connectivity index (χ2v) is 1.60. The van der Waals surface area contributed by atoms with Crippen molar-refractivity contribution >= 4 is 6.29 Å². The van der Waals surface area contributed by atoms with Crippen LogP contribution >= 0.6 is 0 Å². The largest absolute Gasteiger partial charge is 0.497 e. The number of rotatable bonds is 4. The maximum absolute atomic E-state index is 10.2. The molecule has 0 aromatic heterocycles. The summed E-state index contributed by atoms with van der Waals surface area (Å²) < 4.78 is 4.71. The van der Waals surface area contributed by atoms with Crippen LogP contribution in [0.4, 0.5) is 0 Å². The Kier molecular flexibility index (Phi) is 3.96. The van der Waals surface area contributed by atoms with Crippen LogP contribution in [-0.4, -0.2) is 13.4 Å². The van der Waals surface area contributed by atoms with E-state index in [9.17, 15) is 4.79 Å². The highest BCUT2D eigenvalue weighted by Gasteiger charge is 1.97. The van der Waals surface area contributed by atoms with Crippen LogP contribution in [0.25, 0.3) is 0 Å². The van der Waals surface area contributed by atoms with Gasteiger partial charge in [-0.25, -0.2) is 0 Å². The Morgan fingerprint density at radius 1 is 1.60 bits per heavy atom. The molecule has 0 aromatic carbocycles. The van der Waals surface area contributed by atoms with Crippen LogP contribution in [0.5, 0.6) is 0 Å². The summed E-state index contributed by atoms with van der Waals surface area (Å²) in [6, 6.07) is 0. The molecule has 0 N–H and O–H groups in total. The van der Waals surface area contributed by atoms with Crippen molar-refractivity contribution in [2.24, 2.45) is 0 Å². The van der Waals surface area contributed by atoms with Crippen molar-refractivity contribution < 1.29 is 9.53 Å². The van der Waals surface area contributed by atoms with Gasteiger partial charge in [0.2, 0.25) is 0 Å². The second-order valence-electron chi connectivity index (χ2n) is 1.60. The Hall–Kier alpha value is -1.31. The van der Waals surface area contributed by atoms with Gasteiger partial charge in [0.05, 0.1) is 12.7 Å². The zero-order valence-electron chi connectivity index (χ0n) is 5.96. The lowest BCUT2D eigenvalue weighted by Crippen LogP contribution is -1.90. The predicted octanol–water partition coefficient (Wildman–Crippen LogP) is 1.46. The molecule has 2 nitrogen and oxygen atoms in total. The molecule has 0 saturated carbocycles. The fraction of sp³-hybridized carbons (Fsp3) is 0.125. The minimum Gasteiger partial charge on any atom is -0.497 e. The Labute approximate surface area is 60.5 Å². The van der Waals surface area contributed by atoms with Crippen LogP contribution in [-0.2, 0) is 9.53 Å². The number of carbonyl (C=O) groups excluding carboxylic acids is 1. The molecule has 2 heteroatoms. The Balaban J connectivity index is 4.34. The molecule has 0 bridgehead atoms. The number of allylic oxidation sites excluding steroid dienone is 3. The van der Waals surface area contributed by atoms with E-state index in [1.165, 1.54) is 13.2 Å². The van der Waals surface area contributed by atoms with Crippen molar-refractivity contribution in [2.75, 3.05) is 7.11 Å². The van der Waals surface area contributed by atoms with E-state index in [1.807, 2.05) is 0 Å². The molecular weight excluding hydrogens is 128 g/mol. The van der Waals surface area contributed by atoms with Crippen molar-refractivity contribution in [2.45, 2.75) is 0 Å². The normalized spacial score (nSPS) is 10.3. The van der Waals surface area contributed by atoms with E-state index in [2.05, 4.69) is 13.2 Å². The molecule has 0 aromatic rings. The number of aldehydes is 1. The summed E-state index contributed by atoms with van der Waals surface area (Å²) in [5, 5.41) is 0. The Morgan fingerprint density at radius 2 is 2.20 bits per heavy atom. The Morgan fingerprint density at radius 3 is 2.50 bits per heavy atom. The van der Waals surface area contributed by atoms with E-state index >= 15 is 0 Å². The molecular formula is C8H10O2. The molecule has 0 fully saturated rings. The minimum absolute atomic E-state index is 0.356. The van der Waals surface area contributed by atoms with Gasteiger partial charge in [-0.15, -0.1) is 0 Å². The number of hydrogen-bond donors (Lipinski definition) is 0. The van der Waals surface area contributed by atoms with E-state index in [4.69, 9.17) is 4.74 Å². The number of methoxy groups -OCH3 is 1. The first-order valence-corrected chi connectivity index (χ1v) is 2.77. The van der Waals surface area contributed by atoms with Gasteiger partial charge in [-0.1, -0.05) is 19.2 Å². The van der Waals surface area contributed by atoms with Gasteiger partial charge in [-0.3, -0.25) is 4.79 Å². The first-order valence-electron chi connectivity index (χ1n) is 2.77. The molecule has 0 spiro atoms. The minimum atomic E-state index is 0.356. The lowest BCUT2D eigenvalue weighted by atomic mass is 10.2. The maximum Gasteiger partial charge on any atom is 0.153 e. The zero-order valence-corrected chi connectivity index (χ0v) is 5.96. The third-order valence-corrected chi connectivity index (χ3v) is 0.993. The number of hydrogen-bond acceptors (Lipinski definition) is 2. The molecule has 0 amide bonds. The predicted molar refractivity (Wildman–Crippen MR) is 40.5 cm³/mol. The van der Waals surface area contributed by atoms with E-state index in [-0.39, 0.29) is 0 Å². The van der Waals surface area contributed by atoms with Crippen molar-refractivity contribution in [1.29, 1.82) is 0 Å². The summed E-state index contributed by atoms with van der Waals surface area (Å²) in [5.74, 6) is 0.356. The van der Waals surface area contributed by atoms with Crippen molar-refractivity contribution in [3.05, 3.63) is 36.6 Å². The summed E-state index contributed by atoms with van der Waals surface area (Å²) in [7, 11) is 1.46. The molecule has 0 radical (unpaired) electrons. The second kappa shape index (κ2) is 4.56. The molecule has 0 atom stereocenters. The van der Waals surface area contributed by atoms with Gasteiger partial charge in [0, 0.05) is 0 Å². The summed E-state index contributed by atoms with van der Waals surface area (Å²) in [6.45, 7) is 6.93. The van der Waals surface area contributed by atoms with Gasteiger partial charge in [0.25, 0.3) is 0 Å². The third-order valence-electron chi connectivity index (χ3n) is 0.993. The summed E-state index contributed by atoms with van der Waals surface area (Å²) in [5.41, 5.74) is 0.414. The zero-order chi connectivity index (χ0) is 7.98. The lowest BCUT2D eigenvalue weighted by Gasteiger charge is -1.99. The van der Waals surface area contributed by atoms with Crippen LogP contribution in [0.2, 0.25) is 0 Å². The van der Waals surface area contributed by atoms with Gasteiger partial charge in [-0.05, 0) is 6.08 Å². The van der Waals surface area contributed by atoms with Gasteiger partial charge in [0.15, 0.2) is 6.29 Å². The SMILES string of the molecule is C=C/C=C(/C=O)C(=C)OC. The lowest BCUT2D eigenvalue weighted by molar-refractivity contribution is -0.104. The Bertz CT molecular complexity index is 178. The van der Waals surface area contributed by atoms with Crippen LogP contribution in [0.1, 0.15) is 0 Å². The molecule has 0 unspecified atom stereocenters.